The van der Waals surface area contributed by atoms with E-state index >= 15 is 0 Å². The maximum absolute atomic E-state index is 12.3. The lowest BCUT2D eigenvalue weighted by Crippen LogP contribution is -2.05. The number of methoxy groups -OCH3 is 1. The number of rotatable bonds is 6. The van der Waals surface area contributed by atoms with E-state index in [1.165, 1.54) is 0 Å². The van der Waals surface area contributed by atoms with E-state index < -0.39 is 5.97 Å². The van der Waals surface area contributed by atoms with Gasteiger partial charge in [-0.3, -0.25) is 0 Å². The first-order valence-electron chi connectivity index (χ1n) is 9.36. The fourth-order valence-electron chi connectivity index (χ4n) is 3.02. The highest BCUT2D eigenvalue weighted by Gasteiger charge is 2.24. The van der Waals surface area contributed by atoms with Gasteiger partial charge >= 0.3 is 5.97 Å². The minimum atomic E-state index is -0.493. The highest BCUT2D eigenvalue weighted by Crippen LogP contribution is 2.38. The van der Waals surface area contributed by atoms with Crippen LogP contribution in [0.5, 0.6) is 11.5 Å². The number of benzene rings is 3. The van der Waals surface area contributed by atoms with Crippen molar-refractivity contribution in [2.75, 3.05) is 7.11 Å². The van der Waals surface area contributed by atoms with Gasteiger partial charge in [0.1, 0.15) is 6.61 Å². The van der Waals surface area contributed by atoms with Gasteiger partial charge in [-0.25, -0.2) is 9.79 Å². The molecule has 0 spiro atoms. The Balaban J connectivity index is 1.59. The molecule has 0 saturated carbocycles. The van der Waals surface area contributed by atoms with Crippen molar-refractivity contribution >= 4 is 56.5 Å². The number of nitrogens with zero attached hydrogens (tertiary/aromatic N) is 1. The molecule has 0 bridgehead atoms. The Labute approximate surface area is 202 Å². The molecule has 0 unspecified atom stereocenters. The van der Waals surface area contributed by atoms with Gasteiger partial charge in [0.15, 0.2) is 17.2 Å². The minimum Gasteiger partial charge on any atom is -0.493 e. The number of carbonyl (C=O) groups excluding carboxylic acids is 1. The van der Waals surface area contributed by atoms with Crippen LogP contribution in [0.2, 0.25) is 0 Å². The van der Waals surface area contributed by atoms with Gasteiger partial charge in [-0.05, 0) is 92.1 Å². The molecule has 7 heteroatoms. The van der Waals surface area contributed by atoms with Gasteiger partial charge in [-0.1, -0.05) is 30.3 Å². The average Bonchev–Trinajstić information content (AvgIpc) is 3.13. The molecule has 3 aromatic rings. The molecular formula is C24H17BrINO4. The van der Waals surface area contributed by atoms with E-state index in [-0.39, 0.29) is 5.70 Å². The number of aliphatic imine (C=N–C) groups is 1. The summed E-state index contributed by atoms with van der Waals surface area (Å²) in [6.45, 7) is 0.406. The molecule has 0 saturated heterocycles. The summed E-state index contributed by atoms with van der Waals surface area (Å²) in [6.07, 6.45) is 1.66. The Kier molecular flexibility index (Phi) is 6.72. The summed E-state index contributed by atoms with van der Waals surface area (Å²) in [5, 5.41) is 0. The van der Waals surface area contributed by atoms with Crippen LogP contribution in [0.15, 0.2) is 81.9 Å². The first-order chi connectivity index (χ1) is 15.0. The third-order valence-corrected chi connectivity index (χ3v) is 5.73. The molecular weight excluding hydrogens is 573 g/mol. The largest absolute Gasteiger partial charge is 0.493 e. The number of ether oxygens (including phenoxy) is 3. The fraction of sp³-hybridized carbons (Fsp3) is 0.0833. The average molecular weight is 590 g/mol. The van der Waals surface area contributed by atoms with Gasteiger partial charge in [0, 0.05) is 9.13 Å². The molecule has 0 amide bonds. The molecule has 0 N–H and O–H groups in total. The maximum Gasteiger partial charge on any atom is 0.363 e. The van der Waals surface area contributed by atoms with Gasteiger partial charge in [-0.15, -0.1) is 0 Å². The van der Waals surface area contributed by atoms with Gasteiger partial charge in [0.2, 0.25) is 5.90 Å². The number of hydrogen-bond acceptors (Lipinski definition) is 5. The summed E-state index contributed by atoms with van der Waals surface area (Å²) < 4.78 is 18.7. The third-order valence-electron chi connectivity index (χ3n) is 4.47. The van der Waals surface area contributed by atoms with E-state index in [9.17, 15) is 4.79 Å². The van der Waals surface area contributed by atoms with Crippen LogP contribution in [0.1, 0.15) is 16.7 Å². The van der Waals surface area contributed by atoms with Crippen LogP contribution in [0.3, 0.4) is 0 Å². The van der Waals surface area contributed by atoms with Crippen LogP contribution >= 0.6 is 38.5 Å². The van der Waals surface area contributed by atoms with Crippen LogP contribution in [0, 0.1) is 3.57 Å². The topological polar surface area (TPSA) is 57.1 Å². The molecule has 31 heavy (non-hydrogen) atoms. The zero-order valence-electron chi connectivity index (χ0n) is 16.5. The van der Waals surface area contributed by atoms with Crippen LogP contribution in [-0.2, 0) is 16.1 Å². The smallest absolute Gasteiger partial charge is 0.363 e. The Bertz CT molecular complexity index is 1190. The second-order valence-electron chi connectivity index (χ2n) is 6.65. The van der Waals surface area contributed by atoms with E-state index in [0.29, 0.717) is 28.5 Å². The summed E-state index contributed by atoms with van der Waals surface area (Å²) in [5.74, 6) is 0.935. The van der Waals surface area contributed by atoms with Crippen molar-refractivity contribution < 1.29 is 19.0 Å². The number of carbonyl (C=O) groups is 1. The van der Waals surface area contributed by atoms with E-state index in [1.807, 2.05) is 54.6 Å². The zero-order valence-corrected chi connectivity index (χ0v) is 20.2. The molecule has 4 rings (SSSR count). The number of halogens is 2. The molecule has 0 aromatic heterocycles. The lowest BCUT2D eigenvalue weighted by molar-refractivity contribution is -0.129. The Morgan fingerprint density at radius 1 is 1.10 bits per heavy atom. The quantitative estimate of drug-likeness (QED) is 0.201. The predicted molar refractivity (Wildman–Crippen MR) is 131 cm³/mol. The van der Waals surface area contributed by atoms with E-state index in [4.69, 9.17) is 14.2 Å². The van der Waals surface area contributed by atoms with Crippen molar-refractivity contribution in [3.63, 3.8) is 0 Å². The molecule has 0 atom stereocenters. The summed E-state index contributed by atoms with van der Waals surface area (Å²) in [6, 6.07) is 21.0. The van der Waals surface area contributed by atoms with E-state index in [1.54, 1.807) is 19.3 Å². The summed E-state index contributed by atoms with van der Waals surface area (Å²) in [7, 11) is 1.58. The monoisotopic (exact) mass is 589 g/mol. The molecule has 1 aliphatic rings. The lowest BCUT2D eigenvalue weighted by Gasteiger charge is -2.14. The highest BCUT2D eigenvalue weighted by molar-refractivity contribution is 14.1. The highest BCUT2D eigenvalue weighted by atomic mass is 127. The predicted octanol–water partition coefficient (Wildman–Crippen LogP) is 5.99. The van der Waals surface area contributed by atoms with Crippen LogP contribution in [0.25, 0.3) is 6.08 Å². The van der Waals surface area contributed by atoms with Crippen molar-refractivity contribution in [2.45, 2.75) is 6.61 Å². The molecule has 3 aromatic carbocycles. The third kappa shape index (κ3) is 5.16. The zero-order chi connectivity index (χ0) is 21.8. The Morgan fingerprint density at radius 2 is 1.90 bits per heavy atom. The maximum atomic E-state index is 12.3. The van der Waals surface area contributed by atoms with Crippen molar-refractivity contribution in [3.05, 3.63) is 97.2 Å². The molecule has 5 nitrogen and oxygen atoms in total. The second kappa shape index (κ2) is 9.65. The molecule has 1 heterocycles. The summed E-state index contributed by atoms with van der Waals surface area (Å²) in [5.41, 5.74) is 2.76. The Hall–Kier alpha value is -2.65. The molecule has 0 fully saturated rings. The number of hydrogen-bond donors (Lipinski definition) is 0. The first-order valence-corrected chi connectivity index (χ1v) is 11.2. The van der Waals surface area contributed by atoms with Crippen LogP contribution < -0.4 is 9.47 Å². The normalized spacial score (nSPS) is 14.4. The fourth-order valence-corrected chi connectivity index (χ4v) is 4.20. The lowest BCUT2D eigenvalue weighted by atomic mass is 10.1. The van der Waals surface area contributed by atoms with Crippen LogP contribution in [-0.4, -0.2) is 19.0 Å². The molecule has 0 aliphatic carbocycles. The molecule has 156 valence electrons. The van der Waals surface area contributed by atoms with E-state index in [0.717, 1.165) is 20.3 Å². The standard InChI is InChI=1S/C24H17BrINO4/c1-29-21-13-16(11-19(25)22(21)30-14-15-6-5-9-18(26)10-15)12-20-24(28)31-23(27-20)17-7-3-2-4-8-17/h2-13H,14H2,1H3/b20-12-. The van der Waals surface area contributed by atoms with Crippen molar-refractivity contribution in [1.82, 2.24) is 0 Å². The molecule has 0 radical (unpaired) electrons. The first kappa shape index (κ1) is 21.6. The van der Waals surface area contributed by atoms with E-state index in [2.05, 4.69) is 49.6 Å². The minimum absolute atomic E-state index is 0.223. The van der Waals surface area contributed by atoms with Gasteiger partial charge < -0.3 is 14.2 Å². The SMILES string of the molecule is COc1cc(/C=C2\N=C(c3ccccc3)OC2=O)cc(Br)c1OCc1cccc(I)c1. The van der Waals surface area contributed by atoms with Crippen molar-refractivity contribution in [1.29, 1.82) is 0 Å². The van der Waals surface area contributed by atoms with Crippen molar-refractivity contribution in [3.8, 4) is 11.5 Å². The van der Waals surface area contributed by atoms with Crippen LogP contribution in [0.4, 0.5) is 0 Å². The van der Waals surface area contributed by atoms with Gasteiger partial charge in [-0.2, -0.15) is 0 Å². The summed E-state index contributed by atoms with van der Waals surface area (Å²) in [4.78, 5) is 16.6. The van der Waals surface area contributed by atoms with Crippen molar-refractivity contribution in [2.24, 2.45) is 4.99 Å². The summed E-state index contributed by atoms with van der Waals surface area (Å²) >= 11 is 5.82. The van der Waals surface area contributed by atoms with Gasteiger partial charge in [0.25, 0.3) is 0 Å². The van der Waals surface area contributed by atoms with Gasteiger partial charge in [0.05, 0.1) is 11.6 Å². The molecule has 1 aliphatic heterocycles. The number of cyclic esters (lactones) is 1. The number of esters is 1. The Morgan fingerprint density at radius 3 is 2.65 bits per heavy atom. The second-order valence-corrected chi connectivity index (χ2v) is 8.75.